The summed E-state index contributed by atoms with van der Waals surface area (Å²) in [6.45, 7) is 5.37. The van der Waals surface area contributed by atoms with Gasteiger partial charge in [-0.3, -0.25) is 14.5 Å². The molecule has 1 aliphatic rings. The van der Waals surface area contributed by atoms with Gasteiger partial charge in [0, 0.05) is 10.2 Å². The van der Waals surface area contributed by atoms with E-state index in [1.54, 1.807) is 18.7 Å². The highest BCUT2D eigenvalue weighted by atomic mass is 79.9. The van der Waals surface area contributed by atoms with Gasteiger partial charge >= 0.3 is 0 Å². The first kappa shape index (κ1) is 13.1. The molecular formula is C13H15BrN2O2. The lowest BCUT2D eigenvalue weighted by Gasteiger charge is -2.36. The van der Waals surface area contributed by atoms with Gasteiger partial charge in [-0.1, -0.05) is 15.9 Å². The van der Waals surface area contributed by atoms with Crippen LogP contribution in [0.15, 0.2) is 22.7 Å². The number of hydrogen-bond acceptors (Lipinski definition) is 2. The summed E-state index contributed by atoms with van der Waals surface area (Å²) in [5.41, 5.74) is 1.75. The van der Waals surface area contributed by atoms with Gasteiger partial charge in [-0.2, -0.15) is 0 Å². The molecule has 0 radical (unpaired) electrons. The van der Waals surface area contributed by atoms with Gasteiger partial charge in [0.25, 0.3) is 0 Å². The van der Waals surface area contributed by atoms with Gasteiger partial charge < -0.3 is 5.32 Å². The highest BCUT2D eigenvalue weighted by Gasteiger charge is 2.37. The molecule has 1 fully saturated rings. The Morgan fingerprint density at radius 3 is 2.56 bits per heavy atom. The fourth-order valence-corrected chi connectivity index (χ4v) is 2.60. The Balaban J connectivity index is 2.46. The average molecular weight is 311 g/mol. The summed E-state index contributed by atoms with van der Waals surface area (Å²) >= 11 is 3.39. The van der Waals surface area contributed by atoms with Gasteiger partial charge in [0.05, 0.1) is 0 Å². The van der Waals surface area contributed by atoms with Crippen LogP contribution in [0.2, 0.25) is 0 Å². The zero-order valence-electron chi connectivity index (χ0n) is 10.5. The third-order valence-electron chi connectivity index (χ3n) is 3.15. The zero-order valence-corrected chi connectivity index (χ0v) is 12.1. The van der Waals surface area contributed by atoms with Crippen LogP contribution in [0.5, 0.6) is 0 Å². The van der Waals surface area contributed by atoms with E-state index >= 15 is 0 Å². The van der Waals surface area contributed by atoms with Crippen LogP contribution in [-0.4, -0.2) is 23.9 Å². The molecule has 2 unspecified atom stereocenters. The molecule has 96 valence electrons. The lowest BCUT2D eigenvalue weighted by molar-refractivity contribution is -0.133. The minimum Gasteiger partial charge on any atom is -0.343 e. The number of carbonyl (C=O) groups excluding carboxylic acids is 2. The first-order valence-electron chi connectivity index (χ1n) is 5.81. The molecule has 4 nitrogen and oxygen atoms in total. The average Bonchev–Trinajstić information content (AvgIpc) is 2.29. The molecule has 1 heterocycles. The van der Waals surface area contributed by atoms with Gasteiger partial charge in [-0.15, -0.1) is 0 Å². The Hall–Kier alpha value is -1.36. The fraction of sp³-hybridized carbons (Fsp3) is 0.385. The predicted molar refractivity (Wildman–Crippen MR) is 73.4 cm³/mol. The van der Waals surface area contributed by atoms with E-state index < -0.39 is 12.1 Å². The molecule has 1 aromatic rings. The minimum absolute atomic E-state index is 0.0764. The molecule has 0 bridgehead atoms. The quantitative estimate of drug-likeness (QED) is 0.862. The molecule has 2 atom stereocenters. The number of carbonyl (C=O) groups is 2. The molecule has 1 aliphatic heterocycles. The lowest BCUT2D eigenvalue weighted by Crippen LogP contribution is -2.61. The Kier molecular flexibility index (Phi) is 3.43. The van der Waals surface area contributed by atoms with Gasteiger partial charge in [-0.25, -0.2) is 0 Å². The van der Waals surface area contributed by atoms with Crippen molar-refractivity contribution in [1.82, 2.24) is 5.32 Å². The third kappa shape index (κ3) is 2.14. The topological polar surface area (TPSA) is 49.4 Å². The maximum absolute atomic E-state index is 12.2. The van der Waals surface area contributed by atoms with E-state index in [9.17, 15) is 9.59 Å². The van der Waals surface area contributed by atoms with Crippen molar-refractivity contribution >= 4 is 33.4 Å². The number of benzene rings is 1. The monoisotopic (exact) mass is 310 g/mol. The number of aryl methyl sites for hydroxylation is 1. The number of hydrogen-bond donors (Lipinski definition) is 1. The van der Waals surface area contributed by atoms with Crippen LogP contribution in [-0.2, 0) is 9.59 Å². The predicted octanol–water partition coefficient (Wildman–Crippen LogP) is 2.00. The Bertz CT molecular complexity index is 516. The summed E-state index contributed by atoms with van der Waals surface area (Å²) in [4.78, 5) is 25.6. The molecule has 0 aromatic heterocycles. The molecule has 18 heavy (non-hydrogen) atoms. The van der Waals surface area contributed by atoms with Crippen molar-refractivity contribution in [3.63, 3.8) is 0 Å². The van der Waals surface area contributed by atoms with Crippen molar-refractivity contribution < 1.29 is 9.59 Å². The van der Waals surface area contributed by atoms with E-state index in [0.717, 1.165) is 15.7 Å². The highest BCUT2D eigenvalue weighted by Crippen LogP contribution is 2.27. The molecule has 0 aliphatic carbocycles. The first-order valence-corrected chi connectivity index (χ1v) is 6.60. The van der Waals surface area contributed by atoms with Crippen LogP contribution in [0.25, 0.3) is 0 Å². The SMILES string of the molecule is Cc1cc(Br)ccc1N1C(=O)C(C)NC(=O)C1C. The van der Waals surface area contributed by atoms with Gasteiger partial charge in [-0.05, 0) is 44.5 Å². The summed E-state index contributed by atoms with van der Waals surface area (Å²) in [5, 5.41) is 2.67. The molecule has 5 heteroatoms. The van der Waals surface area contributed by atoms with Crippen molar-refractivity contribution in [1.29, 1.82) is 0 Å². The molecule has 1 aromatic carbocycles. The van der Waals surface area contributed by atoms with Crippen LogP contribution < -0.4 is 10.2 Å². The van der Waals surface area contributed by atoms with Crippen molar-refractivity contribution in [3.8, 4) is 0 Å². The Morgan fingerprint density at radius 1 is 1.28 bits per heavy atom. The number of amides is 2. The second kappa shape index (κ2) is 4.72. The van der Waals surface area contributed by atoms with Gasteiger partial charge in [0.2, 0.25) is 11.8 Å². The van der Waals surface area contributed by atoms with Crippen LogP contribution in [0, 0.1) is 6.92 Å². The van der Waals surface area contributed by atoms with Crippen LogP contribution in [0.4, 0.5) is 5.69 Å². The number of rotatable bonds is 1. The summed E-state index contributed by atoms with van der Waals surface area (Å²) < 4.78 is 0.957. The van der Waals surface area contributed by atoms with Crippen LogP contribution >= 0.6 is 15.9 Å². The van der Waals surface area contributed by atoms with Crippen LogP contribution in [0.3, 0.4) is 0 Å². The molecule has 1 N–H and O–H groups in total. The van der Waals surface area contributed by atoms with Crippen molar-refractivity contribution in [3.05, 3.63) is 28.2 Å². The largest absolute Gasteiger partial charge is 0.343 e. The van der Waals surface area contributed by atoms with E-state index in [1.807, 2.05) is 25.1 Å². The zero-order chi connectivity index (χ0) is 13.4. The molecule has 2 amide bonds. The fourth-order valence-electron chi connectivity index (χ4n) is 2.13. The highest BCUT2D eigenvalue weighted by molar-refractivity contribution is 9.10. The smallest absolute Gasteiger partial charge is 0.250 e. The molecule has 0 spiro atoms. The number of piperazine rings is 1. The van der Waals surface area contributed by atoms with E-state index in [1.165, 1.54) is 0 Å². The van der Waals surface area contributed by atoms with E-state index in [0.29, 0.717) is 0 Å². The van der Waals surface area contributed by atoms with E-state index in [4.69, 9.17) is 0 Å². The number of nitrogens with zero attached hydrogens (tertiary/aromatic N) is 1. The Morgan fingerprint density at radius 2 is 1.94 bits per heavy atom. The van der Waals surface area contributed by atoms with Gasteiger partial charge in [0.15, 0.2) is 0 Å². The van der Waals surface area contributed by atoms with Crippen molar-refractivity contribution in [2.24, 2.45) is 0 Å². The van der Waals surface area contributed by atoms with Gasteiger partial charge in [0.1, 0.15) is 12.1 Å². The second-order valence-electron chi connectivity index (χ2n) is 4.55. The van der Waals surface area contributed by atoms with E-state index in [2.05, 4.69) is 21.2 Å². The summed E-state index contributed by atoms with van der Waals surface area (Å²) in [5.74, 6) is -0.197. The van der Waals surface area contributed by atoms with Crippen LogP contribution in [0.1, 0.15) is 19.4 Å². The Labute approximate surface area is 114 Å². The number of nitrogens with one attached hydrogen (secondary N) is 1. The third-order valence-corrected chi connectivity index (χ3v) is 3.64. The molecule has 0 saturated carbocycles. The maximum Gasteiger partial charge on any atom is 0.250 e. The maximum atomic E-state index is 12.2. The van der Waals surface area contributed by atoms with E-state index in [-0.39, 0.29) is 11.8 Å². The standard InChI is InChI=1S/C13H15BrN2O2/c1-7-6-10(14)4-5-11(7)16-9(3)12(17)15-8(2)13(16)18/h4-6,8-9H,1-3H3,(H,15,17). The second-order valence-corrected chi connectivity index (χ2v) is 5.46. The van der Waals surface area contributed by atoms with Crippen molar-refractivity contribution in [2.45, 2.75) is 32.9 Å². The summed E-state index contributed by atoms with van der Waals surface area (Å²) in [6, 6.07) is 4.72. The minimum atomic E-state index is -0.478. The first-order chi connectivity index (χ1) is 8.41. The lowest BCUT2D eigenvalue weighted by atomic mass is 10.1. The normalized spacial score (nSPS) is 24.1. The van der Waals surface area contributed by atoms with Crippen molar-refractivity contribution in [2.75, 3.05) is 4.90 Å². The molecular weight excluding hydrogens is 296 g/mol. The summed E-state index contributed by atoms with van der Waals surface area (Å²) in [6.07, 6.45) is 0. The molecule has 1 saturated heterocycles. The number of anilines is 1. The molecule has 2 rings (SSSR count). The number of halogens is 1. The summed E-state index contributed by atoms with van der Waals surface area (Å²) in [7, 11) is 0.